The molecule has 0 bridgehead atoms. The molecule has 1 aliphatic rings. The number of rotatable bonds is 6. The summed E-state index contributed by atoms with van der Waals surface area (Å²) in [6, 6.07) is 9.40. The predicted molar refractivity (Wildman–Crippen MR) is 100 cm³/mol. The number of likely N-dealkylation sites (tertiary alicyclic amines) is 1. The number of likely N-dealkylation sites (N-methyl/N-ethyl adjacent to an activating group) is 1. The van der Waals surface area contributed by atoms with Crippen LogP contribution in [-0.2, 0) is 13.1 Å². The van der Waals surface area contributed by atoms with Gasteiger partial charge in [0, 0.05) is 43.1 Å². The van der Waals surface area contributed by atoms with Gasteiger partial charge in [-0.05, 0) is 61.3 Å². The van der Waals surface area contributed by atoms with Crippen molar-refractivity contribution in [3.05, 3.63) is 64.7 Å². The molecule has 0 radical (unpaired) electrons. The monoisotopic (exact) mass is 361 g/mol. The van der Waals surface area contributed by atoms with Crippen LogP contribution in [0.25, 0.3) is 0 Å². The van der Waals surface area contributed by atoms with Gasteiger partial charge in [0.1, 0.15) is 5.82 Å². The third kappa shape index (κ3) is 5.00. The molecule has 1 saturated heterocycles. The van der Waals surface area contributed by atoms with Crippen LogP contribution in [0.15, 0.2) is 42.7 Å². The maximum absolute atomic E-state index is 13.2. The lowest BCUT2D eigenvalue weighted by Crippen LogP contribution is -2.47. The van der Waals surface area contributed by atoms with Crippen molar-refractivity contribution >= 4 is 11.6 Å². The van der Waals surface area contributed by atoms with Gasteiger partial charge >= 0.3 is 0 Å². The fourth-order valence-corrected chi connectivity index (χ4v) is 3.81. The summed E-state index contributed by atoms with van der Waals surface area (Å²) in [4.78, 5) is 9.07. The summed E-state index contributed by atoms with van der Waals surface area (Å²) < 4.78 is 13.2. The average molecular weight is 362 g/mol. The van der Waals surface area contributed by atoms with Crippen LogP contribution < -0.4 is 0 Å². The Kier molecular flexibility index (Phi) is 6.40. The van der Waals surface area contributed by atoms with Crippen molar-refractivity contribution in [1.29, 1.82) is 0 Å². The van der Waals surface area contributed by atoms with E-state index in [9.17, 15) is 4.39 Å². The highest BCUT2D eigenvalue weighted by Gasteiger charge is 2.25. The molecule has 1 aliphatic heterocycles. The summed E-state index contributed by atoms with van der Waals surface area (Å²) in [6.07, 6.45) is 6.10. The second-order valence-electron chi connectivity index (χ2n) is 6.69. The molecule has 1 unspecified atom stereocenters. The van der Waals surface area contributed by atoms with Crippen molar-refractivity contribution in [2.24, 2.45) is 0 Å². The van der Waals surface area contributed by atoms with Crippen molar-refractivity contribution in [3.8, 4) is 0 Å². The number of benzene rings is 1. The summed E-state index contributed by atoms with van der Waals surface area (Å²) >= 11 is 6.20. The van der Waals surface area contributed by atoms with Gasteiger partial charge in [-0.1, -0.05) is 24.6 Å². The molecule has 3 nitrogen and oxygen atoms in total. The van der Waals surface area contributed by atoms with Crippen LogP contribution in [0.5, 0.6) is 0 Å². The van der Waals surface area contributed by atoms with Gasteiger partial charge in [0.05, 0.1) is 0 Å². The van der Waals surface area contributed by atoms with E-state index in [1.54, 1.807) is 6.07 Å². The standard InChI is InChI=1S/C20H25ClFN3/c1-2-25(13-16-7-9-23-10-8-16)19-4-3-11-24(15-19)14-17-5-6-18(22)12-20(17)21/h5-10,12,19H,2-4,11,13-15H2,1H3. The fraction of sp³-hybridized carbons (Fsp3) is 0.450. The Morgan fingerprint density at radius 3 is 2.80 bits per heavy atom. The van der Waals surface area contributed by atoms with Crippen molar-refractivity contribution in [2.45, 2.75) is 38.9 Å². The quantitative estimate of drug-likeness (QED) is 0.762. The van der Waals surface area contributed by atoms with E-state index < -0.39 is 0 Å². The summed E-state index contributed by atoms with van der Waals surface area (Å²) in [5, 5.41) is 0.520. The van der Waals surface area contributed by atoms with Crippen molar-refractivity contribution in [3.63, 3.8) is 0 Å². The van der Waals surface area contributed by atoms with Gasteiger partial charge in [0.25, 0.3) is 0 Å². The van der Waals surface area contributed by atoms with Gasteiger partial charge in [-0.3, -0.25) is 14.8 Å². The SMILES string of the molecule is CCN(Cc1ccncc1)C1CCCN(Cc2ccc(F)cc2Cl)C1. The number of hydrogen-bond acceptors (Lipinski definition) is 3. The van der Waals surface area contributed by atoms with Crippen LogP contribution >= 0.6 is 11.6 Å². The lowest BCUT2D eigenvalue weighted by Gasteiger charge is -2.39. The smallest absolute Gasteiger partial charge is 0.124 e. The van der Waals surface area contributed by atoms with E-state index in [4.69, 9.17) is 11.6 Å². The Labute approximate surface area is 154 Å². The molecule has 2 heterocycles. The number of hydrogen-bond donors (Lipinski definition) is 0. The summed E-state index contributed by atoms with van der Waals surface area (Å²) in [5.74, 6) is -0.278. The number of halogens is 2. The third-order valence-corrected chi connectivity index (χ3v) is 5.30. The number of aromatic nitrogens is 1. The third-order valence-electron chi connectivity index (χ3n) is 4.95. The molecule has 1 fully saturated rings. The maximum atomic E-state index is 13.2. The second kappa shape index (κ2) is 8.75. The first-order valence-corrected chi connectivity index (χ1v) is 9.32. The largest absolute Gasteiger partial charge is 0.297 e. The molecule has 0 amide bonds. The normalized spacial score (nSPS) is 18.6. The first kappa shape index (κ1) is 18.3. The minimum absolute atomic E-state index is 0.278. The molecule has 3 rings (SSSR count). The highest BCUT2D eigenvalue weighted by molar-refractivity contribution is 6.31. The van der Waals surface area contributed by atoms with Gasteiger partial charge in [0.2, 0.25) is 0 Å². The zero-order chi connectivity index (χ0) is 17.6. The molecule has 1 atom stereocenters. The maximum Gasteiger partial charge on any atom is 0.124 e. The predicted octanol–water partition coefficient (Wildman–Crippen LogP) is 4.36. The van der Waals surface area contributed by atoms with Crippen LogP contribution in [-0.4, -0.2) is 40.5 Å². The van der Waals surface area contributed by atoms with Crippen molar-refractivity contribution in [2.75, 3.05) is 19.6 Å². The number of nitrogens with zero attached hydrogens (tertiary/aromatic N) is 3. The first-order chi connectivity index (χ1) is 12.2. The van der Waals surface area contributed by atoms with Gasteiger partial charge in [-0.25, -0.2) is 4.39 Å². The summed E-state index contributed by atoms with van der Waals surface area (Å²) in [7, 11) is 0. The molecule has 5 heteroatoms. The van der Waals surface area contributed by atoms with Crippen LogP contribution in [0.1, 0.15) is 30.9 Å². The van der Waals surface area contributed by atoms with Gasteiger partial charge in [0.15, 0.2) is 0 Å². The Bertz CT molecular complexity index is 680. The van der Waals surface area contributed by atoms with Gasteiger partial charge < -0.3 is 0 Å². The Morgan fingerprint density at radius 2 is 2.08 bits per heavy atom. The Morgan fingerprint density at radius 1 is 1.28 bits per heavy atom. The highest BCUT2D eigenvalue weighted by Crippen LogP contribution is 2.23. The van der Waals surface area contributed by atoms with Crippen LogP contribution in [0, 0.1) is 5.82 Å². The van der Waals surface area contributed by atoms with E-state index in [0.717, 1.165) is 38.3 Å². The minimum atomic E-state index is -0.278. The molecule has 2 aromatic rings. The van der Waals surface area contributed by atoms with Crippen molar-refractivity contribution in [1.82, 2.24) is 14.8 Å². The topological polar surface area (TPSA) is 19.4 Å². The van der Waals surface area contributed by atoms with E-state index >= 15 is 0 Å². The first-order valence-electron chi connectivity index (χ1n) is 8.95. The van der Waals surface area contributed by atoms with E-state index in [1.165, 1.54) is 30.5 Å². The fourth-order valence-electron chi connectivity index (χ4n) is 3.59. The highest BCUT2D eigenvalue weighted by atomic mass is 35.5. The molecule has 0 saturated carbocycles. The lowest BCUT2D eigenvalue weighted by molar-refractivity contribution is 0.0917. The second-order valence-corrected chi connectivity index (χ2v) is 7.09. The zero-order valence-corrected chi connectivity index (χ0v) is 15.4. The van der Waals surface area contributed by atoms with Crippen LogP contribution in [0.4, 0.5) is 4.39 Å². The molecular formula is C20H25ClFN3. The molecule has 25 heavy (non-hydrogen) atoms. The molecule has 134 valence electrons. The van der Waals surface area contributed by atoms with Crippen molar-refractivity contribution < 1.29 is 4.39 Å². The summed E-state index contributed by atoms with van der Waals surface area (Å²) in [6.45, 7) is 7.07. The van der Waals surface area contributed by atoms with E-state index in [2.05, 4.69) is 33.8 Å². The molecule has 0 spiro atoms. The Hall–Kier alpha value is -1.49. The van der Waals surface area contributed by atoms with Gasteiger partial charge in [-0.15, -0.1) is 0 Å². The Balaban J connectivity index is 1.63. The van der Waals surface area contributed by atoms with Gasteiger partial charge in [-0.2, -0.15) is 0 Å². The van der Waals surface area contributed by atoms with Crippen LogP contribution in [0.2, 0.25) is 5.02 Å². The summed E-state index contributed by atoms with van der Waals surface area (Å²) in [5.41, 5.74) is 2.30. The van der Waals surface area contributed by atoms with E-state index in [-0.39, 0.29) is 5.82 Å². The molecule has 0 aliphatic carbocycles. The molecule has 1 aromatic heterocycles. The van der Waals surface area contributed by atoms with E-state index in [1.807, 2.05) is 12.4 Å². The van der Waals surface area contributed by atoms with E-state index in [0.29, 0.717) is 11.1 Å². The molecule has 0 N–H and O–H groups in total. The van der Waals surface area contributed by atoms with Crippen LogP contribution in [0.3, 0.4) is 0 Å². The number of pyridine rings is 1. The zero-order valence-electron chi connectivity index (χ0n) is 14.7. The lowest BCUT2D eigenvalue weighted by atomic mass is 10.0. The molecule has 1 aromatic carbocycles. The average Bonchev–Trinajstić information content (AvgIpc) is 2.63. The minimum Gasteiger partial charge on any atom is -0.297 e. The number of piperidine rings is 1. The molecular weight excluding hydrogens is 337 g/mol.